The van der Waals surface area contributed by atoms with Crippen molar-refractivity contribution >= 4 is 36.0 Å². The summed E-state index contributed by atoms with van der Waals surface area (Å²) < 4.78 is 4.28. The Kier molecular flexibility index (Phi) is 12.1. The van der Waals surface area contributed by atoms with Crippen LogP contribution in [0.4, 0.5) is 9.59 Å². The van der Waals surface area contributed by atoms with Crippen LogP contribution in [-0.4, -0.2) is 24.3 Å². The van der Waals surface area contributed by atoms with Crippen LogP contribution in [0.5, 0.6) is 0 Å². The molecular formula is C4H11N3O3S2. The fraction of sp³-hybridized carbons (Fsp3) is 0.500. The molecule has 0 heterocycles. The van der Waals surface area contributed by atoms with Crippen molar-refractivity contribution in [2.24, 2.45) is 11.5 Å². The van der Waals surface area contributed by atoms with E-state index in [0.29, 0.717) is 5.88 Å². The zero-order valence-corrected chi connectivity index (χ0v) is 8.15. The summed E-state index contributed by atoms with van der Waals surface area (Å²) in [6.07, 6.45) is -0.759. The Morgan fingerprint density at radius 1 is 1.58 bits per heavy atom. The van der Waals surface area contributed by atoms with Crippen LogP contribution >= 0.6 is 24.7 Å². The van der Waals surface area contributed by atoms with Gasteiger partial charge in [0.15, 0.2) is 0 Å². The summed E-state index contributed by atoms with van der Waals surface area (Å²) in [7, 11) is 1.75. The molecule has 0 aliphatic rings. The molecule has 72 valence electrons. The van der Waals surface area contributed by atoms with Crippen molar-refractivity contribution < 1.29 is 13.8 Å². The molecule has 5 N–H and O–H groups in total. The van der Waals surface area contributed by atoms with Gasteiger partial charge in [-0.15, -0.1) is 0 Å². The van der Waals surface area contributed by atoms with Crippen LogP contribution in [0.25, 0.3) is 0 Å². The van der Waals surface area contributed by atoms with Gasteiger partial charge in [-0.25, -0.2) is 4.79 Å². The van der Waals surface area contributed by atoms with E-state index in [2.05, 4.69) is 33.6 Å². The van der Waals surface area contributed by atoms with Crippen LogP contribution in [-0.2, 0) is 4.18 Å². The third kappa shape index (κ3) is 34.3. The molecule has 0 fully saturated rings. The molecule has 0 aromatic heterocycles. The normalized spacial score (nSPS) is 7.83. The van der Waals surface area contributed by atoms with E-state index in [-0.39, 0.29) is 0 Å². The molecule has 0 bridgehead atoms. The fourth-order valence-corrected chi connectivity index (χ4v) is 0.439. The first-order valence-corrected chi connectivity index (χ1v) is 4.08. The van der Waals surface area contributed by atoms with E-state index in [1.807, 2.05) is 0 Å². The zero-order valence-electron chi connectivity index (χ0n) is 6.44. The number of primary amides is 2. The lowest BCUT2D eigenvalue weighted by molar-refractivity contribution is 0.218. The summed E-state index contributed by atoms with van der Waals surface area (Å²) in [5.41, 5.74) is 8.96. The number of carbonyl (C=O) groups excluding carboxylic acids is 2. The van der Waals surface area contributed by atoms with Gasteiger partial charge in [0.1, 0.15) is 0 Å². The Bertz CT molecular complexity index is 140. The summed E-state index contributed by atoms with van der Waals surface area (Å²) in [5.74, 6) is 0.558. The second-order valence-corrected chi connectivity index (χ2v) is 2.49. The van der Waals surface area contributed by atoms with Gasteiger partial charge >= 0.3 is 6.09 Å². The maximum absolute atomic E-state index is 9.83. The molecule has 0 radical (unpaired) electrons. The van der Waals surface area contributed by atoms with Crippen molar-refractivity contribution in [2.45, 2.75) is 0 Å². The average molecular weight is 213 g/mol. The van der Waals surface area contributed by atoms with Gasteiger partial charge in [0.05, 0.1) is 17.9 Å². The van der Waals surface area contributed by atoms with Crippen LogP contribution < -0.4 is 16.8 Å². The number of nitrogens with two attached hydrogens (primary N) is 2. The molecule has 0 unspecified atom stereocenters. The summed E-state index contributed by atoms with van der Waals surface area (Å²) in [6.45, 7) is 0. The maximum atomic E-state index is 9.83. The Morgan fingerprint density at radius 2 is 2.00 bits per heavy atom. The van der Waals surface area contributed by atoms with Crippen molar-refractivity contribution in [2.75, 3.05) is 12.9 Å². The highest BCUT2D eigenvalue weighted by Gasteiger charge is 1.90. The number of carbonyl (C=O) groups is 2. The van der Waals surface area contributed by atoms with Crippen LogP contribution in [0.15, 0.2) is 0 Å². The lowest BCUT2D eigenvalue weighted by Crippen LogP contribution is -2.11. The number of hydrogen-bond donors (Lipinski definition) is 4. The first-order valence-electron chi connectivity index (χ1n) is 2.72. The average Bonchev–Trinajstić information content (AvgIpc) is 1.86. The molecule has 8 heteroatoms. The minimum absolute atomic E-state index is 0.558. The Balaban J connectivity index is 0. The van der Waals surface area contributed by atoms with Crippen molar-refractivity contribution in [1.29, 1.82) is 0 Å². The lowest BCUT2D eigenvalue weighted by Gasteiger charge is -1.94. The minimum Gasteiger partial charge on any atom is -0.374 e. The number of amides is 2. The van der Waals surface area contributed by atoms with E-state index in [0.717, 1.165) is 12.0 Å². The number of rotatable bonds is 3. The third-order valence-electron chi connectivity index (χ3n) is 0.344. The molecule has 0 aromatic carbocycles. The Morgan fingerprint density at radius 3 is 2.25 bits per heavy atom. The highest BCUT2D eigenvalue weighted by Crippen LogP contribution is 1.96. The van der Waals surface area contributed by atoms with E-state index >= 15 is 0 Å². The maximum Gasteiger partial charge on any atom is 0.416 e. The minimum atomic E-state index is -0.759. The fourth-order valence-electron chi connectivity index (χ4n) is 0.146. The molecule has 0 aliphatic heterocycles. The van der Waals surface area contributed by atoms with Crippen LogP contribution in [0.2, 0.25) is 0 Å². The molecule has 2 amide bonds. The van der Waals surface area contributed by atoms with Crippen molar-refractivity contribution in [1.82, 2.24) is 5.32 Å². The largest absolute Gasteiger partial charge is 0.416 e. The van der Waals surface area contributed by atoms with E-state index < -0.39 is 11.3 Å². The first kappa shape index (κ1) is 14.0. The predicted octanol–water partition coefficient (Wildman–Crippen LogP) is -0.0983. The van der Waals surface area contributed by atoms with E-state index in [9.17, 15) is 4.79 Å². The van der Waals surface area contributed by atoms with Gasteiger partial charge in [0.25, 0.3) is 5.24 Å². The van der Waals surface area contributed by atoms with Crippen LogP contribution in [0, 0.1) is 0 Å². The topological polar surface area (TPSA) is 107 Å². The zero-order chi connectivity index (χ0) is 9.98. The SMILES string of the molecule is CNCSOC(N)=O.NC(=O)S. The number of nitrogens with one attached hydrogen (secondary N) is 1. The Hall–Kier alpha value is -0.600. The van der Waals surface area contributed by atoms with Gasteiger partial charge in [-0.05, 0) is 7.05 Å². The van der Waals surface area contributed by atoms with Crippen LogP contribution in [0.3, 0.4) is 0 Å². The van der Waals surface area contributed by atoms with Gasteiger partial charge in [-0.3, -0.25) is 4.79 Å². The lowest BCUT2D eigenvalue weighted by atomic mass is 11.3. The second kappa shape index (κ2) is 10.4. The molecule has 0 rings (SSSR count). The summed E-state index contributed by atoms with van der Waals surface area (Å²) in [5, 5.41) is 2.11. The molecule has 0 spiro atoms. The second-order valence-electron chi connectivity index (χ2n) is 1.36. The standard InChI is InChI=1S/C3H8N2O2S.CH3NOS/c1-5-2-8-7-3(4)6;2-1(3)4/h5H,2H2,1H3,(H2,4,6);(H3,2,3,4). The molecule has 0 saturated carbocycles. The quantitative estimate of drug-likeness (QED) is 0.227. The van der Waals surface area contributed by atoms with Crippen LogP contribution in [0.1, 0.15) is 0 Å². The molecule has 12 heavy (non-hydrogen) atoms. The van der Waals surface area contributed by atoms with Crippen molar-refractivity contribution in [3.8, 4) is 0 Å². The van der Waals surface area contributed by atoms with Crippen molar-refractivity contribution in [3.05, 3.63) is 0 Å². The van der Waals surface area contributed by atoms with E-state index in [1.54, 1.807) is 7.05 Å². The Labute approximate surface area is 80.0 Å². The first-order chi connectivity index (χ1) is 5.50. The third-order valence-corrected chi connectivity index (χ3v) is 1.03. The molecule has 0 saturated heterocycles. The predicted molar refractivity (Wildman–Crippen MR) is 50.8 cm³/mol. The van der Waals surface area contributed by atoms with E-state index in [4.69, 9.17) is 4.79 Å². The molecular weight excluding hydrogens is 202 g/mol. The summed E-state index contributed by atoms with van der Waals surface area (Å²) in [4.78, 5) is 18.9. The molecule has 0 aliphatic carbocycles. The van der Waals surface area contributed by atoms with Gasteiger partial charge in [-0.1, -0.05) is 12.6 Å². The van der Waals surface area contributed by atoms with Gasteiger partial charge in [-0.2, -0.15) is 0 Å². The molecule has 0 atom stereocenters. The monoisotopic (exact) mass is 213 g/mol. The number of hydrogen-bond acceptors (Lipinski definition) is 5. The van der Waals surface area contributed by atoms with Crippen molar-refractivity contribution in [3.63, 3.8) is 0 Å². The number of thiol groups is 1. The summed E-state index contributed by atoms with van der Waals surface area (Å²) in [6, 6.07) is 0. The smallest absolute Gasteiger partial charge is 0.374 e. The highest BCUT2D eigenvalue weighted by molar-refractivity contribution is 7.96. The van der Waals surface area contributed by atoms with E-state index in [1.165, 1.54) is 0 Å². The van der Waals surface area contributed by atoms with Gasteiger partial charge in [0.2, 0.25) is 0 Å². The van der Waals surface area contributed by atoms with Gasteiger partial charge < -0.3 is 21.0 Å². The highest BCUT2D eigenvalue weighted by atomic mass is 32.2. The molecule has 6 nitrogen and oxygen atoms in total. The molecule has 0 aromatic rings. The van der Waals surface area contributed by atoms with Gasteiger partial charge in [0, 0.05) is 0 Å². The summed E-state index contributed by atoms with van der Waals surface area (Å²) >= 11 is 4.08.